The summed E-state index contributed by atoms with van der Waals surface area (Å²) in [5.41, 5.74) is 1.57. The van der Waals surface area contributed by atoms with Gasteiger partial charge in [-0.15, -0.1) is 0 Å². The van der Waals surface area contributed by atoms with E-state index in [-0.39, 0.29) is 17.0 Å². The molecule has 3 rings (SSSR count). The van der Waals surface area contributed by atoms with Gasteiger partial charge >= 0.3 is 6.09 Å². The predicted molar refractivity (Wildman–Crippen MR) is 104 cm³/mol. The van der Waals surface area contributed by atoms with E-state index in [9.17, 15) is 13.6 Å². The highest BCUT2D eigenvalue weighted by molar-refractivity contribution is 5.89. The van der Waals surface area contributed by atoms with Crippen molar-refractivity contribution in [3.63, 3.8) is 0 Å². The molecule has 0 aliphatic carbocycles. The number of ether oxygens (including phenoxy) is 1. The van der Waals surface area contributed by atoms with Gasteiger partial charge in [0.1, 0.15) is 17.5 Å². The number of nitrogens with one attached hydrogen (secondary N) is 2. The van der Waals surface area contributed by atoms with Crippen molar-refractivity contribution in [1.82, 2.24) is 9.97 Å². The maximum absolute atomic E-state index is 14.5. The Morgan fingerprint density at radius 1 is 1.14 bits per heavy atom. The minimum Gasteiger partial charge on any atom is -0.416 e. The molecule has 1 amide bonds. The summed E-state index contributed by atoms with van der Waals surface area (Å²) in [7, 11) is 1.75. The zero-order chi connectivity index (χ0) is 20.4. The first-order valence-corrected chi connectivity index (χ1v) is 8.37. The summed E-state index contributed by atoms with van der Waals surface area (Å²) >= 11 is 0. The van der Waals surface area contributed by atoms with E-state index in [1.807, 2.05) is 0 Å². The summed E-state index contributed by atoms with van der Waals surface area (Å²) in [4.78, 5) is 20.4. The normalized spacial score (nSPS) is 10.6. The first kappa shape index (κ1) is 19.2. The standard InChI is InChI=1S/C20H18F2N4O2/c1-10(2)28-20(27)26-18-6-14(15(21)7-16(18)22)13-5-12-9-24-19(23-4)8-17(12)25-11(13)3/h5-9H,1H2,2-4H3,(H,23,24)(H,26,27). The van der Waals surface area contributed by atoms with Crippen LogP contribution in [0.4, 0.5) is 25.1 Å². The van der Waals surface area contributed by atoms with Gasteiger partial charge in [-0.1, -0.05) is 6.58 Å². The molecule has 0 spiro atoms. The Morgan fingerprint density at radius 3 is 2.57 bits per heavy atom. The number of carbonyl (C=O) groups excluding carboxylic acids is 1. The molecule has 144 valence electrons. The quantitative estimate of drug-likeness (QED) is 0.619. The van der Waals surface area contributed by atoms with Gasteiger partial charge in [0.15, 0.2) is 0 Å². The first-order chi connectivity index (χ1) is 13.3. The second-order valence-corrected chi connectivity index (χ2v) is 6.16. The summed E-state index contributed by atoms with van der Waals surface area (Å²) < 4.78 is 33.4. The largest absolute Gasteiger partial charge is 0.416 e. The van der Waals surface area contributed by atoms with Crippen molar-refractivity contribution >= 4 is 28.5 Å². The lowest BCUT2D eigenvalue weighted by molar-refractivity contribution is 0.192. The van der Waals surface area contributed by atoms with Crippen LogP contribution in [0.2, 0.25) is 0 Å². The predicted octanol–water partition coefficient (Wildman–Crippen LogP) is 5.01. The molecule has 0 radical (unpaired) electrons. The Labute approximate surface area is 160 Å². The number of pyridine rings is 2. The number of benzene rings is 1. The average molecular weight is 384 g/mol. The molecule has 3 aromatic rings. The Morgan fingerprint density at radius 2 is 1.89 bits per heavy atom. The summed E-state index contributed by atoms with van der Waals surface area (Å²) in [5, 5.41) is 5.87. The lowest BCUT2D eigenvalue weighted by Crippen LogP contribution is -2.13. The smallest absolute Gasteiger partial charge is 0.416 e. The van der Waals surface area contributed by atoms with Gasteiger partial charge in [0.05, 0.1) is 17.0 Å². The third kappa shape index (κ3) is 3.90. The molecule has 0 saturated heterocycles. The molecule has 28 heavy (non-hydrogen) atoms. The first-order valence-electron chi connectivity index (χ1n) is 8.37. The monoisotopic (exact) mass is 384 g/mol. The van der Waals surface area contributed by atoms with Crippen molar-refractivity contribution in [2.24, 2.45) is 0 Å². The van der Waals surface area contributed by atoms with Crippen molar-refractivity contribution in [2.75, 3.05) is 17.7 Å². The number of allylic oxidation sites excluding steroid dienone is 1. The molecule has 2 N–H and O–H groups in total. The Balaban J connectivity index is 2.07. The van der Waals surface area contributed by atoms with Gasteiger partial charge in [-0.25, -0.2) is 18.6 Å². The minimum absolute atomic E-state index is 0.0941. The number of nitrogens with zero attached hydrogens (tertiary/aromatic N) is 2. The van der Waals surface area contributed by atoms with Crippen molar-refractivity contribution < 1.29 is 18.3 Å². The van der Waals surface area contributed by atoms with E-state index in [2.05, 4.69) is 27.2 Å². The van der Waals surface area contributed by atoms with Crippen molar-refractivity contribution in [2.45, 2.75) is 13.8 Å². The average Bonchev–Trinajstić information content (AvgIpc) is 2.62. The molecule has 2 heterocycles. The highest BCUT2D eigenvalue weighted by atomic mass is 19.1. The van der Waals surface area contributed by atoms with E-state index >= 15 is 0 Å². The van der Waals surface area contributed by atoms with Gasteiger partial charge in [0.25, 0.3) is 0 Å². The van der Waals surface area contributed by atoms with Gasteiger partial charge in [0.2, 0.25) is 0 Å². The van der Waals surface area contributed by atoms with Crippen LogP contribution in [0.15, 0.2) is 42.8 Å². The van der Waals surface area contributed by atoms with Gasteiger partial charge in [-0.2, -0.15) is 0 Å². The zero-order valence-electron chi connectivity index (χ0n) is 15.6. The maximum atomic E-state index is 14.5. The summed E-state index contributed by atoms with van der Waals surface area (Å²) in [6.07, 6.45) is 0.697. The fourth-order valence-corrected chi connectivity index (χ4v) is 2.72. The molecular weight excluding hydrogens is 366 g/mol. The second kappa shape index (κ2) is 7.59. The molecule has 0 unspecified atom stereocenters. The van der Waals surface area contributed by atoms with Gasteiger partial charge < -0.3 is 10.1 Å². The van der Waals surface area contributed by atoms with Gasteiger partial charge in [-0.3, -0.25) is 10.3 Å². The molecule has 0 bridgehead atoms. The summed E-state index contributed by atoms with van der Waals surface area (Å²) in [6.45, 7) is 6.63. The number of amides is 1. The molecule has 0 aliphatic rings. The molecular formula is C20H18F2N4O2. The molecule has 0 atom stereocenters. The van der Waals surface area contributed by atoms with Gasteiger partial charge in [-0.05, 0) is 26.0 Å². The number of hydrogen-bond donors (Lipinski definition) is 2. The molecule has 1 aromatic carbocycles. The van der Waals surface area contributed by atoms with E-state index in [1.54, 1.807) is 32.3 Å². The fraction of sp³-hybridized carbons (Fsp3) is 0.150. The van der Waals surface area contributed by atoms with E-state index in [4.69, 9.17) is 4.74 Å². The van der Waals surface area contributed by atoms with Crippen molar-refractivity contribution in [3.8, 4) is 11.1 Å². The number of carbonyl (C=O) groups is 1. The van der Waals surface area contributed by atoms with Crippen molar-refractivity contribution in [3.05, 3.63) is 60.1 Å². The SMILES string of the molecule is C=C(C)OC(=O)Nc1cc(-c2cc3cnc(NC)cc3nc2C)c(F)cc1F. The molecule has 8 heteroatoms. The van der Waals surface area contributed by atoms with Crippen LogP contribution in [0.3, 0.4) is 0 Å². The van der Waals surface area contributed by atoms with Crippen LogP contribution in [0.25, 0.3) is 22.0 Å². The number of aromatic nitrogens is 2. The van der Waals surface area contributed by atoms with E-state index in [0.717, 1.165) is 0 Å². The number of anilines is 2. The Kier molecular flexibility index (Phi) is 5.21. The highest BCUT2D eigenvalue weighted by Crippen LogP contribution is 2.32. The van der Waals surface area contributed by atoms with E-state index in [1.165, 1.54) is 13.0 Å². The third-order valence-electron chi connectivity index (χ3n) is 4.00. The summed E-state index contributed by atoms with van der Waals surface area (Å²) in [6, 6.07) is 5.40. The lowest BCUT2D eigenvalue weighted by Gasteiger charge is -2.13. The molecule has 0 fully saturated rings. The van der Waals surface area contributed by atoms with Crippen LogP contribution in [-0.2, 0) is 4.74 Å². The Hall–Kier alpha value is -3.55. The number of hydrogen-bond acceptors (Lipinski definition) is 5. The second-order valence-electron chi connectivity index (χ2n) is 6.16. The third-order valence-corrected chi connectivity index (χ3v) is 4.00. The fourth-order valence-electron chi connectivity index (χ4n) is 2.72. The molecule has 0 saturated carbocycles. The number of aryl methyl sites for hydroxylation is 1. The van der Waals surface area contributed by atoms with E-state index in [0.29, 0.717) is 34.0 Å². The lowest BCUT2D eigenvalue weighted by atomic mass is 10.0. The van der Waals surface area contributed by atoms with Crippen LogP contribution < -0.4 is 10.6 Å². The topological polar surface area (TPSA) is 76.1 Å². The van der Waals surface area contributed by atoms with Crippen LogP contribution >= 0.6 is 0 Å². The minimum atomic E-state index is -0.924. The highest BCUT2D eigenvalue weighted by Gasteiger charge is 2.17. The zero-order valence-corrected chi connectivity index (χ0v) is 15.6. The van der Waals surface area contributed by atoms with Crippen LogP contribution in [0, 0.1) is 18.6 Å². The van der Waals surface area contributed by atoms with Crippen LogP contribution in [-0.4, -0.2) is 23.1 Å². The maximum Gasteiger partial charge on any atom is 0.416 e. The van der Waals surface area contributed by atoms with E-state index < -0.39 is 17.7 Å². The number of rotatable bonds is 4. The molecule has 2 aromatic heterocycles. The van der Waals surface area contributed by atoms with Gasteiger partial charge in [0, 0.05) is 47.6 Å². The molecule has 6 nitrogen and oxygen atoms in total. The Bertz CT molecular complexity index is 1100. The van der Waals surface area contributed by atoms with Crippen molar-refractivity contribution in [1.29, 1.82) is 0 Å². The van der Waals surface area contributed by atoms with Crippen LogP contribution in [0.1, 0.15) is 12.6 Å². The number of fused-ring (bicyclic) bond motifs is 1. The summed E-state index contributed by atoms with van der Waals surface area (Å²) in [5.74, 6) is -0.905. The number of halogens is 2. The molecule has 0 aliphatic heterocycles. The van der Waals surface area contributed by atoms with Crippen LogP contribution in [0.5, 0.6) is 0 Å².